The van der Waals surface area contributed by atoms with E-state index in [4.69, 9.17) is 0 Å². The number of carbonyl (C=O) groups is 1. The van der Waals surface area contributed by atoms with Gasteiger partial charge in [-0.15, -0.1) is 0 Å². The lowest BCUT2D eigenvalue weighted by Gasteiger charge is -1.95. The molecule has 0 amide bonds. The molecule has 2 rings (SSSR count). The number of hydrogen-bond acceptors (Lipinski definition) is 1. The lowest BCUT2D eigenvalue weighted by atomic mass is 10.1. The van der Waals surface area contributed by atoms with Crippen LogP contribution in [0.15, 0.2) is 70.8 Å². The van der Waals surface area contributed by atoms with E-state index in [1.807, 2.05) is 74.6 Å². The number of hydrogen-bond donors (Lipinski definition) is 0. The van der Waals surface area contributed by atoms with Gasteiger partial charge >= 0.3 is 0 Å². The second kappa shape index (κ2) is 9.27. The Kier molecular flexibility index (Phi) is 7.59. The van der Waals surface area contributed by atoms with Crippen molar-refractivity contribution in [2.24, 2.45) is 0 Å². The molecule has 0 spiro atoms. The molecule has 0 unspecified atom stereocenters. The van der Waals surface area contributed by atoms with Gasteiger partial charge in [0.05, 0.1) is 0 Å². The van der Waals surface area contributed by atoms with Crippen LogP contribution in [-0.4, -0.2) is 5.78 Å². The quantitative estimate of drug-likeness (QED) is 0.668. The maximum Gasteiger partial charge on any atom is 0.185 e. The van der Waals surface area contributed by atoms with E-state index in [2.05, 4.69) is 15.9 Å². The van der Waals surface area contributed by atoms with Crippen LogP contribution in [0.1, 0.15) is 25.8 Å². The van der Waals surface area contributed by atoms with Crippen LogP contribution in [0.4, 0.5) is 0 Å². The van der Waals surface area contributed by atoms with Crippen LogP contribution in [0.3, 0.4) is 0 Å². The second-order valence-electron chi connectivity index (χ2n) is 3.94. The first-order chi connectivity index (χ1) is 9.75. The van der Waals surface area contributed by atoms with Gasteiger partial charge in [-0.2, -0.15) is 0 Å². The average Bonchev–Trinajstić information content (AvgIpc) is 2.77. The molecule has 0 bridgehead atoms. The van der Waals surface area contributed by atoms with Crippen molar-refractivity contribution in [3.63, 3.8) is 0 Å². The van der Waals surface area contributed by atoms with Gasteiger partial charge in [0, 0.05) is 10.0 Å². The SMILES string of the molecule is CC.O=C(/C=C/c1ccc(Br)cc1)C1=CC=CCC=C1. The van der Waals surface area contributed by atoms with Gasteiger partial charge in [0.1, 0.15) is 0 Å². The Bertz CT molecular complexity index is 545. The van der Waals surface area contributed by atoms with Gasteiger partial charge in [0.25, 0.3) is 0 Å². The number of benzene rings is 1. The maximum atomic E-state index is 11.9. The van der Waals surface area contributed by atoms with Crippen LogP contribution in [0.2, 0.25) is 0 Å². The lowest BCUT2D eigenvalue weighted by molar-refractivity contribution is -0.111. The van der Waals surface area contributed by atoms with Crippen molar-refractivity contribution in [1.29, 1.82) is 0 Å². The molecule has 0 radical (unpaired) electrons. The third kappa shape index (κ3) is 5.54. The van der Waals surface area contributed by atoms with Crippen molar-refractivity contribution in [2.75, 3.05) is 0 Å². The van der Waals surface area contributed by atoms with Gasteiger partial charge in [0.2, 0.25) is 0 Å². The monoisotopic (exact) mass is 330 g/mol. The molecule has 2 heteroatoms. The summed E-state index contributed by atoms with van der Waals surface area (Å²) in [6.45, 7) is 4.00. The van der Waals surface area contributed by atoms with E-state index in [1.165, 1.54) is 0 Å². The zero-order valence-electron chi connectivity index (χ0n) is 11.8. The van der Waals surface area contributed by atoms with Crippen molar-refractivity contribution in [3.8, 4) is 0 Å². The largest absolute Gasteiger partial charge is 0.289 e. The molecule has 0 heterocycles. The maximum absolute atomic E-state index is 11.9. The van der Waals surface area contributed by atoms with Crippen molar-refractivity contribution < 1.29 is 4.79 Å². The Morgan fingerprint density at radius 2 is 1.85 bits per heavy atom. The number of halogens is 1. The van der Waals surface area contributed by atoms with E-state index in [1.54, 1.807) is 6.08 Å². The first kappa shape index (κ1) is 16.4. The Morgan fingerprint density at radius 1 is 1.15 bits per heavy atom. The van der Waals surface area contributed by atoms with Crippen LogP contribution < -0.4 is 0 Å². The molecule has 1 aliphatic carbocycles. The zero-order chi connectivity index (χ0) is 14.8. The molecule has 20 heavy (non-hydrogen) atoms. The van der Waals surface area contributed by atoms with Crippen molar-refractivity contribution in [1.82, 2.24) is 0 Å². The summed E-state index contributed by atoms with van der Waals surface area (Å²) < 4.78 is 1.03. The summed E-state index contributed by atoms with van der Waals surface area (Å²) in [5.74, 6) is 0.0284. The van der Waals surface area contributed by atoms with Gasteiger partial charge in [-0.1, -0.05) is 78.4 Å². The van der Waals surface area contributed by atoms with E-state index < -0.39 is 0 Å². The van der Waals surface area contributed by atoms with Crippen molar-refractivity contribution in [2.45, 2.75) is 20.3 Å². The topological polar surface area (TPSA) is 17.1 Å². The highest BCUT2D eigenvalue weighted by Gasteiger charge is 2.02. The van der Waals surface area contributed by atoms with Crippen LogP contribution >= 0.6 is 15.9 Å². The van der Waals surface area contributed by atoms with Crippen LogP contribution in [0.5, 0.6) is 0 Å². The van der Waals surface area contributed by atoms with Gasteiger partial charge < -0.3 is 0 Å². The number of carbonyl (C=O) groups excluding carboxylic acids is 1. The molecule has 0 saturated heterocycles. The molecular weight excluding hydrogens is 312 g/mol. The predicted molar refractivity (Wildman–Crippen MR) is 90.5 cm³/mol. The van der Waals surface area contributed by atoms with Crippen molar-refractivity contribution in [3.05, 3.63) is 76.3 Å². The van der Waals surface area contributed by atoms with E-state index in [0.29, 0.717) is 0 Å². The highest BCUT2D eigenvalue weighted by atomic mass is 79.9. The molecule has 0 atom stereocenters. The summed E-state index contributed by atoms with van der Waals surface area (Å²) in [7, 11) is 0. The average molecular weight is 331 g/mol. The van der Waals surface area contributed by atoms with E-state index in [-0.39, 0.29) is 5.78 Å². The molecule has 1 aliphatic rings. The first-order valence-electron chi connectivity index (χ1n) is 6.77. The summed E-state index contributed by atoms with van der Waals surface area (Å²) in [6, 6.07) is 7.84. The van der Waals surface area contributed by atoms with Crippen molar-refractivity contribution >= 4 is 27.8 Å². The Morgan fingerprint density at radius 3 is 2.55 bits per heavy atom. The number of ketones is 1. The van der Waals surface area contributed by atoms with E-state index in [9.17, 15) is 4.79 Å². The van der Waals surface area contributed by atoms with Crippen LogP contribution in [0, 0.1) is 0 Å². The molecule has 1 aromatic carbocycles. The molecule has 0 aliphatic heterocycles. The summed E-state index contributed by atoms with van der Waals surface area (Å²) in [6.07, 6.45) is 14.0. The second-order valence-corrected chi connectivity index (χ2v) is 4.85. The fraction of sp³-hybridized carbons (Fsp3) is 0.167. The fourth-order valence-corrected chi connectivity index (χ4v) is 1.85. The van der Waals surface area contributed by atoms with Gasteiger partial charge in [-0.25, -0.2) is 0 Å². The van der Waals surface area contributed by atoms with Crippen LogP contribution in [0.25, 0.3) is 6.08 Å². The third-order valence-electron chi connectivity index (χ3n) is 2.56. The first-order valence-corrected chi connectivity index (χ1v) is 7.56. The minimum atomic E-state index is 0.0284. The third-order valence-corrected chi connectivity index (χ3v) is 3.09. The van der Waals surface area contributed by atoms with Gasteiger partial charge in [0.15, 0.2) is 5.78 Å². The number of rotatable bonds is 3. The molecule has 0 aromatic heterocycles. The smallest absolute Gasteiger partial charge is 0.185 e. The standard InChI is InChI=1S/C16H13BrO.C2H6/c17-15-10-7-13(8-11-15)9-12-16(18)14-5-3-1-2-4-6-14;1-2/h1,3-12H,2H2;1-2H3/b12-9+;. The Balaban J connectivity index is 0.000000956. The minimum Gasteiger partial charge on any atom is -0.289 e. The molecular formula is C18H19BrO. The highest BCUT2D eigenvalue weighted by Crippen LogP contribution is 2.12. The molecule has 104 valence electrons. The highest BCUT2D eigenvalue weighted by molar-refractivity contribution is 9.10. The van der Waals surface area contributed by atoms with Crippen LogP contribution in [-0.2, 0) is 4.79 Å². The molecule has 1 nitrogen and oxygen atoms in total. The summed E-state index contributed by atoms with van der Waals surface area (Å²) in [4.78, 5) is 11.9. The molecule has 0 fully saturated rings. The zero-order valence-corrected chi connectivity index (χ0v) is 13.4. The van der Waals surface area contributed by atoms with Gasteiger partial charge in [-0.05, 0) is 30.2 Å². The molecule has 1 aromatic rings. The van der Waals surface area contributed by atoms with Gasteiger partial charge in [-0.3, -0.25) is 4.79 Å². The predicted octanol–water partition coefficient (Wildman–Crippen LogP) is 5.50. The van der Waals surface area contributed by atoms with E-state index in [0.717, 1.165) is 22.0 Å². The lowest BCUT2D eigenvalue weighted by Crippen LogP contribution is -1.94. The Labute approximate surface area is 129 Å². The summed E-state index contributed by atoms with van der Waals surface area (Å²) in [5.41, 5.74) is 1.73. The fourth-order valence-electron chi connectivity index (χ4n) is 1.59. The normalized spacial score (nSPS) is 13.4. The summed E-state index contributed by atoms with van der Waals surface area (Å²) in [5, 5.41) is 0. The Hall–Kier alpha value is -1.67. The van der Waals surface area contributed by atoms with E-state index >= 15 is 0 Å². The summed E-state index contributed by atoms with van der Waals surface area (Å²) >= 11 is 3.38. The molecule has 0 saturated carbocycles. The number of allylic oxidation sites excluding steroid dienone is 7. The minimum absolute atomic E-state index is 0.0284. The molecule has 0 N–H and O–H groups in total.